The average Bonchev–Trinajstić information content (AvgIpc) is 2.55. The zero-order chi connectivity index (χ0) is 16.4. The number of ether oxygens (including phenoxy) is 1. The second kappa shape index (κ2) is 6.75. The molecule has 2 aromatic carbocycles. The van der Waals surface area contributed by atoms with Crippen LogP contribution < -0.4 is 4.74 Å². The molecule has 0 aliphatic heterocycles. The van der Waals surface area contributed by atoms with E-state index in [-0.39, 0.29) is 12.4 Å². The molecule has 0 bridgehead atoms. The number of Topliss-reactive ketones (excluding diaryl/α,β-unsaturated/α-hetero) is 1. The molecule has 0 amide bonds. The minimum atomic E-state index is -0.184. The monoisotopic (exact) mass is 365 g/mol. The Bertz CT molecular complexity index is 879. The molecule has 1 aromatic heterocycles. The van der Waals surface area contributed by atoms with Gasteiger partial charge in [0.1, 0.15) is 5.52 Å². The van der Waals surface area contributed by atoms with E-state index in [1.807, 2.05) is 6.07 Å². The average molecular weight is 367 g/mol. The Balaban J connectivity index is 1.87. The van der Waals surface area contributed by atoms with E-state index >= 15 is 0 Å². The van der Waals surface area contributed by atoms with Crippen LogP contribution in [0.1, 0.15) is 10.4 Å². The summed E-state index contributed by atoms with van der Waals surface area (Å²) in [5.41, 5.74) is 1.03. The number of carbonyl (C=O) groups excluding carboxylic acids is 1. The number of aromatic nitrogens is 1. The van der Waals surface area contributed by atoms with Gasteiger partial charge in [-0.15, -0.1) is 0 Å². The number of rotatable bonds is 4. The van der Waals surface area contributed by atoms with E-state index in [4.69, 9.17) is 39.5 Å². The number of pyridine rings is 1. The summed E-state index contributed by atoms with van der Waals surface area (Å²) >= 11 is 18.1. The summed E-state index contributed by atoms with van der Waals surface area (Å²) in [7, 11) is 0. The predicted octanol–water partition coefficient (Wildman–Crippen LogP) is 5.46. The van der Waals surface area contributed by atoms with Crippen molar-refractivity contribution < 1.29 is 9.53 Å². The van der Waals surface area contributed by atoms with Crippen LogP contribution in [0.25, 0.3) is 10.9 Å². The quantitative estimate of drug-likeness (QED) is 0.576. The lowest BCUT2D eigenvalue weighted by Gasteiger charge is -2.11. The van der Waals surface area contributed by atoms with Gasteiger partial charge in [-0.1, -0.05) is 34.8 Å². The highest BCUT2D eigenvalue weighted by atomic mass is 35.5. The number of hydrogen-bond acceptors (Lipinski definition) is 3. The first-order valence-corrected chi connectivity index (χ1v) is 7.84. The van der Waals surface area contributed by atoms with Gasteiger partial charge in [-0.3, -0.25) is 9.78 Å². The summed E-state index contributed by atoms with van der Waals surface area (Å²) in [5.74, 6) is 0.158. The fourth-order valence-electron chi connectivity index (χ4n) is 2.14. The molecule has 0 spiro atoms. The van der Waals surface area contributed by atoms with Crippen LogP contribution in [0.15, 0.2) is 48.7 Å². The van der Waals surface area contributed by atoms with E-state index in [1.165, 1.54) is 0 Å². The minimum absolute atomic E-state index is 0.158. The van der Waals surface area contributed by atoms with Crippen molar-refractivity contribution >= 4 is 51.5 Å². The molecule has 0 saturated carbocycles. The second-order valence-corrected chi connectivity index (χ2v) is 6.04. The first-order valence-electron chi connectivity index (χ1n) is 6.70. The summed E-state index contributed by atoms with van der Waals surface area (Å²) in [6.45, 7) is -0.158. The molecule has 0 aliphatic carbocycles. The SMILES string of the molecule is O=C(COc1c(Cl)cc(Cl)c2cccnc12)c1ccc(Cl)cc1. The van der Waals surface area contributed by atoms with Crippen molar-refractivity contribution in [1.82, 2.24) is 4.98 Å². The third-order valence-electron chi connectivity index (χ3n) is 3.26. The Labute approximate surface area is 147 Å². The maximum Gasteiger partial charge on any atom is 0.200 e. The van der Waals surface area contributed by atoms with Crippen molar-refractivity contribution in [3.63, 3.8) is 0 Å². The fraction of sp³-hybridized carbons (Fsp3) is 0.0588. The van der Waals surface area contributed by atoms with Gasteiger partial charge in [0.25, 0.3) is 0 Å². The Morgan fingerprint density at radius 2 is 1.78 bits per heavy atom. The summed E-state index contributed by atoms with van der Waals surface area (Å²) < 4.78 is 5.62. The first-order chi connectivity index (χ1) is 11.1. The highest BCUT2D eigenvalue weighted by molar-refractivity contribution is 6.39. The zero-order valence-electron chi connectivity index (χ0n) is 11.7. The van der Waals surface area contributed by atoms with Gasteiger partial charge >= 0.3 is 0 Å². The third kappa shape index (κ3) is 3.42. The molecule has 3 rings (SSSR count). The van der Waals surface area contributed by atoms with Crippen LogP contribution in [-0.4, -0.2) is 17.4 Å². The van der Waals surface area contributed by atoms with Crippen molar-refractivity contribution in [2.45, 2.75) is 0 Å². The lowest BCUT2D eigenvalue weighted by molar-refractivity contribution is 0.0922. The Hall–Kier alpha value is -1.81. The van der Waals surface area contributed by atoms with Gasteiger partial charge in [0.05, 0.1) is 10.0 Å². The second-order valence-electron chi connectivity index (χ2n) is 4.79. The van der Waals surface area contributed by atoms with E-state index in [9.17, 15) is 4.79 Å². The largest absolute Gasteiger partial charge is 0.482 e. The fourth-order valence-corrected chi connectivity index (χ4v) is 2.84. The maximum absolute atomic E-state index is 12.2. The van der Waals surface area contributed by atoms with Crippen molar-refractivity contribution in [3.05, 3.63) is 69.3 Å². The molecule has 0 atom stereocenters. The highest BCUT2D eigenvalue weighted by Crippen LogP contribution is 2.36. The molecule has 0 unspecified atom stereocenters. The molecule has 6 heteroatoms. The molecular weight excluding hydrogens is 357 g/mol. The molecule has 3 aromatic rings. The zero-order valence-corrected chi connectivity index (χ0v) is 14.0. The number of halogens is 3. The molecule has 0 N–H and O–H groups in total. The van der Waals surface area contributed by atoms with E-state index < -0.39 is 0 Å². The van der Waals surface area contributed by atoms with E-state index in [0.29, 0.717) is 37.3 Å². The van der Waals surface area contributed by atoms with Crippen LogP contribution in [0, 0.1) is 0 Å². The van der Waals surface area contributed by atoms with Crippen LogP contribution >= 0.6 is 34.8 Å². The Morgan fingerprint density at radius 1 is 1.04 bits per heavy atom. The lowest BCUT2D eigenvalue weighted by Crippen LogP contribution is -2.12. The number of hydrogen-bond donors (Lipinski definition) is 0. The normalized spacial score (nSPS) is 10.7. The smallest absolute Gasteiger partial charge is 0.200 e. The number of nitrogens with zero attached hydrogens (tertiary/aromatic N) is 1. The van der Waals surface area contributed by atoms with Gasteiger partial charge in [-0.2, -0.15) is 0 Å². The lowest BCUT2D eigenvalue weighted by atomic mass is 10.1. The predicted molar refractivity (Wildman–Crippen MR) is 93.0 cm³/mol. The van der Waals surface area contributed by atoms with Crippen LogP contribution in [0.3, 0.4) is 0 Å². The number of benzene rings is 2. The van der Waals surface area contributed by atoms with E-state index in [1.54, 1.807) is 42.6 Å². The molecule has 0 fully saturated rings. The van der Waals surface area contributed by atoms with Crippen LogP contribution in [0.4, 0.5) is 0 Å². The number of fused-ring (bicyclic) bond motifs is 1. The summed E-state index contributed by atoms with van der Waals surface area (Å²) in [6, 6.07) is 11.8. The van der Waals surface area contributed by atoms with E-state index in [2.05, 4.69) is 4.98 Å². The maximum atomic E-state index is 12.2. The van der Waals surface area contributed by atoms with Crippen molar-refractivity contribution in [2.24, 2.45) is 0 Å². The summed E-state index contributed by atoms with van der Waals surface area (Å²) in [4.78, 5) is 16.4. The first kappa shape index (κ1) is 16.1. The molecule has 116 valence electrons. The summed E-state index contributed by atoms with van der Waals surface area (Å²) in [6.07, 6.45) is 1.61. The van der Waals surface area contributed by atoms with Crippen molar-refractivity contribution in [2.75, 3.05) is 6.61 Å². The van der Waals surface area contributed by atoms with Gasteiger partial charge < -0.3 is 4.74 Å². The molecule has 0 saturated heterocycles. The molecule has 3 nitrogen and oxygen atoms in total. The molecule has 0 radical (unpaired) electrons. The van der Waals surface area contributed by atoms with Gasteiger partial charge in [0.2, 0.25) is 0 Å². The van der Waals surface area contributed by atoms with Gasteiger partial charge in [-0.25, -0.2) is 0 Å². The van der Waals surface area contributed by atoms with Gasteiger partial charge in [0, 0.05) is 22.2 Å². The van der Waals surface area contributed by atoms with Crippen LogP contribution in [0.5, 0.6) is 5.75 Å². The molecule has 0 aliphatic rings. The van der Waals surface area contributed by atoms with Crippen molar-refractivity contribution in [3.8, 4) is 5.75 Å². The molecule has 1 heterocycles. The Kier molecular flexibility index (Phi) is 4.71. The van der Waals surface area contributed by atoms with Gasteiger partial charge in [-0.05, 0) is 42.5 Å². The van der Waals surface area contributed by atoms with Crippen LogP contribution in [0.2, 0.25) is 15.1 Å². The minimum Gasteiger partial charge on any atom is -0.482 e. The number of ketones is 1. The Morgan fingerprint density at radius 3 is 2.52 bits per heavy atom. The third-order valence-corrected chi connectivity index (χ3v) is 4.11. The van der Waals surface area contributed by atoms with Gasteiger partial charge in [0.15, 0.2) is 18.1 Å². The van der Waals surface area contributed by atoms with Crippen molar-refractivity contribution in [1.29, 1.82) is 0 Å². The summed E-state index contributed by atoms with van der Waals surface area (Å²) in [5, 5.41) is 2.07. The van der Waals surface area contributed by atoms with E-state index in [0.717, 1.165) is 0 Å². The molecule has 23 heavy (non-hydrogen) atoms. The standard InChI is InChI=1S/C17H10Cl3NO2/c18-11-5-3-10(4-6-11)15(22)9-23-17-14(20)8-13(19)12-2-1-7-21-16(12)17/h1-8H,9H2. The highest BCUT2D eigenvalue weighted by Gasteiger charge is 2.14. The molecular formula is C17H10Cl3NO2. The number of carbonyl (C=O) groups is 1. The van der Waals surface area contributed by atoms with Crippen LogP contribution in [-0.2, 0) is 0 Å². The topological polar surface area (TPSA) is 39.2 Å².